The standard InChI is InChI=1S/C20H28N4O/c1-14(2)17-11-19(25-23-17)18-9-6-10-24(18)13-16-12-21-22-20(16)15-7-4-3-5-8-15/h3-5,7-8,11,14,16,18,20-22H,6,9-10,12-13H2,1-2H3. The van der Waals surface area contributed by atoms with E-state index in [-0.39, 0.29) is 0 Å². The van der Waals surface area contributed by atoms with Crippen LogP contribution in [-0.2, 0) is 0 Å². The van der Waals surface area contributed by atoms with Crippen molar-refractivity contribution in [3.05, 3.63) is 53.4 Å². The van der Waals surface area contributed by atoms with Gasteiger partial charge in [-0.2, -0.15) is 0 Å². The highest BCUT2D eigenvalue weighted by Crippen LogP contribution is 2.36. The molecule has 0 amide bonds. The molecule has 3 atom stereocenters. The molecule has 2 saturated heterocycles. The average Bonchev–Trinajstić information content (AvgIpc) is 3.36. The summed E-state index contributed by atoms with van der Waals surface area (Å²) >= 11 is 0. The Morgan fingerprint density at radius 3 is 2.88 bits per heavy atom. The zero-order valence-electron chi connectivity index (χ0n) is 15.1. The third-order valence-electron chi connectivity index (χ3n) is 5.55. The molecule has 2 aliphatic rings. The second-order valence-electron chi connectivity index (χ2n) is 7.64. The maximum atomic E-state index is 5.69. The van der Waals surface area contributed by atoms with Crippen LogP contribution in [0.4, 0.5) is 0 Å². The maximum Gasteiger partial charge on any atom is 0.154 e. The first-order valence-corrected chi connectivity index (χ1v) is 9.46. The fourth-order valence-corrected chi connectivity index (χ4v) is 4.12. The van der Waals surface area contributed by atoms with Crippen LogP contribution in [-0.4, -0.2) is 29.7 Å². The predicted octanol–water partition coefficient (Wildman–Crippen LogP) is 3.40. The van der Waals surface area contributed by atoms with E-state index in [1.807, 2.05) is 0 Å². The summed E-state index contributed by atoms with van der Waals surface area (Å²) in [6.45, 7) is 7.53. The Morgan fingerprint density at radius 1 is 1.28 bits per heavy atom. The van der Waals surface area contributed by atoms with Gasteiger partial charge in [-0.25, -0.2) is 5.43 Å². The first-order valence-electron chi connectivity index (χ1n) is 9.46. The van der Waals surface area contributed by atoms with Crippen molar-refractivity contribution >= 4 is 0 Å². The van der Waals surface area contributed by atoms with Crippen molar-refractivity contribution < 1.29 is 4.52 Å². The van der Waals surface area contributed by atoms with Crippen LogP contribution in [0.3, 0.4) is 0 Å². The van der Waals surface area contributed by atoms with Gasteiger partial charge in [0.15, 0.2) is 5.76 Å². The molecule has 0 bridgehead atoms. The van der Waals surface area contributed by atoms with Gasteiger partial charge in [0.05, 0.1) is 17.8 Å². The minimum Gasteiger partial charge on any atom is -0.359 e. The predicted molar refractivity (Wildman–Crippen MR) is 98.0 cm³/mol. The number of likely N-dealkylation sites (tertiary alicyclic amines) is 1. The molecule has 134 valence electrons. The first kappa shape index (κ1) is 16.8. The van der Waals surface area contributed by atoms with Gasteiger partial charge in [0.1, 0.15) is 0 Å². The number of hydrogen-bond acceptors (Lipinski definition) is 5. The quantitative estimate of drug-likeness (QED) is 0.874. The van der Waals surface area contributed by atoms with E-state index in [9.17, 15) is 0 Å². The molecule has 5 heteroatoms. The van der Waals surface area contributed by atoms with Crippen molar-refractivity contribution in [1.82, 2.24) is 20.9 Å². The molecule has 3 heterocycles. The van der Waals surface area contributed by atoms with Gasteiger partial charge >= 0.3 is 0 Å². The summed E-state index contributed by atoms with van der Waals surface area (Å²) in [6, 6.07) is 13.6. The Morgan fingerprint density at radius 2 is 2.12 bits per heavy atom. The summed E-state index contributed by atoms with van der Waals surface area (Å²) in [4.78, 5) is 2.58. The van der Waals surface area contributed by atoms with Crippen molar-refractivity contribution in [2.75, 3.05) is 19.6 Å². The molecule has 3 unspecified atom stereocenters. The monoisotopic (exact) mass is 340 g/mol. The number of nitrogens with one attached hydrogen (secondary N) is 2. The Hall–Kier alpha value is -1.69. The third kappa shape index (κ3) is 3.50. The van der Waals surface area contributed by atoms with Gasteiger partial charge in [0, 0.05) is 25.1 Å². The molecule has 4 rings (SSSR count). The summed E-state index contributed by atoms with van der Waals surface area (Å²) in [5.74, 6) is 2.00. The lowest BCUT2D eigenvalue weighted by Gasteiger charge is -2.28. The van der Waals surface area contributed by atoms with Crippen LogP contribution >= 0.6 is 0 Å². The third-order valence-corrected chi connectivity index (χ3v) is 5.55. The van der Waals surface area contributed by atoms with E-state index in [0.717, 1.165) is 37.5 Å². The molecular weight excluding hydrogens is 312 g/mol. The normalized spacial score (nSPS) is 27.4. The van der Waals surface area contributed by atoms with Crippen LogP contribution < -0.4 is 10.9 Å². The van der Waals surface area contributed by atoms with Gasteiger partial charge in [0.2, 0.25) is 0 Å². The van der Waals surface area contributed by atoms with Crippen molar-refractivity contribution in [2.24, 2.45) is 5.92 Å². The Labute approximate surface area is 149 Å². The average molecular weight is 340 g/mol. The van der Waals surface area contributed by atoms with Crippen molar-refractivity contribution in [1.29, 1.82) is 0 Å². The van der Waals surface area contributed by atoms with Gasteiger partial charge in [-0.1, -0.05) is 49.3 Å². The van der Waals surface area contributed by atoms with Gasteiger partial charge in [-0.15, -0.1) is 0 Å². The lowest BCUT2D eigenvalue weighted by molar-refractivity contribution is 0.182. The van der Waals surface area contributed by atoms with Crippen LogP contribution in [0.1, 0.15) is 61.7 Å². The van der Waals surface area contributed by atoms with Gasteiger partial charge in [0.25, 0.3) is 0 Å². The Kier molecular flexibility index (Phi) is 4.88. The minimum absolute atomic E-state index is 0.364. The molecule has 1 aromatic heterocycles. The largest absolute Gasteiger partial charge is 0.359 e. The molecule has 1 aromatic carbocycles. The van der Waals surface area contributed by atoms with Crippen LogP contribution in [0.2, 0.25) is 0 Å². The van der Waals surface area contributed by atoms with E-state index < -0.39 is 0 Å². The molecular formula is C20H28N4O. The molecule has 2 N–H and O–H groups in total. The van der Waals surface area contributed by atoms with Gasteiger partial charge in [-0.05, 0) is 30.9 Å². The van der Waals surface area contributed by atoms with E-state index in [2.05, 4.69) is 71.2 Å². The second-order valence-corrected chi connectivity index (χ2v) is 7.64. The zero-order valence-corrected chi connectivity index (χ0v) is 15.1. The minimum atomic E-state index is 0.364. The smallest absolute Gasteiger partial charge is 0.154 e. The number of hydrazine groups is 1. The SMILES string of the molecule is CC(C)c1cc(C2CCCN2CC2CNNC2c2ccccc2)on1. The number of nitrogens with zero attached hydrogens (tertiary/aromatic N) is 2. The summed E-state index contributed by atoms with van der Waals surface area (Å²) < 4.78 is 5.69. The highest BCUT2D eigenvalue weighted by molar-refractivity contribution is 5.21. The van der Waals surface area contributed by atoms with Crippen molar-refractivity contribution in [3.63, 3.8) is 0 Å². The lowest BCUT2D eigenvalue weighted by Crippen LogP contribution is -2.32. The molecule has 2 aliphatic heterocycles. The van der Waals surface area contributed by atoms with Crippen LogP contribution in [0.5, 0.6) is 0 Å². The Bertz CT molecular complexity index is 684. The zero-order chi connectivity index (χ0) is 17.2. The van der Waals surface area contributed by atoms with E-state index in [1.165, 1.54) is 12.0 Å². The molecule has 0 aliphatic carbocycles. The number of benzene rings is 1. The fraction of sp³-hybridized carbons (Fsp3) is 0.550. The molecule has 2 fully saturated rings. The highest BCUT2D eigenvalue weighted by atomic mass is 16.5. The van der Waals surface area contributed by atoms with Gasteiger partial charge in [-0.3, -0.25) is 10.3 Å². The lowest BCUT2D eigenvalue weighted by atomic mass is 9.94. The number of hydrogen-bond donors (Lipinski definition) is 2. The van der Waals surface area contributed by atoms with Crippen molar-refractivity contribution in [3.8, 4) is 0 Å². The molecule has 25 heavy (non-hydrogen) atoms. The fourth-order valence-electron chi connectivity index (χ4n) is 4.12. The molecule has 5 nitrogen and oxygen atoms in total. The van der Waals surface area contributed by atoms with E-state index in [4.69, 9.17) is 4.52 Å². The van der Waals surface area contributed by atoms with Crippen molar-refractivity contribution in [2.45, 2.75) is 44.7 Å². The second kappa shape index (κ2) is 7.28. The first-order chi connectivity index (χ1) is 12.2. The van der Waals surface area contributed by atoms with Crippen LogP contribution in [0, 0.1) is 5.92 Å². The van der Waals surface area contributed by atoms with Crippen LogP contribution in [0.25, 0.3) is 0 Å². The summed E-state index contributed by atoms with van der Waals surface area (Å²) in [5.41, 5.74) is 9.23. The topological polar surface area (TPSA) is 53.3 Å². The van der Waals surface area contributed by atoms with Crippen LogP contribution in [0.15, 0.2) is 40.9 Å². The number of aromatic nitrogens is 1. The molecule has 0 saturated carbocycles. The van der Waals surface area contributed by atoms with E-state index >= 15 is 0 Å². The summed E-state index contributed by atoms with van der Waals surface area (Å²) in [7, 11) is 0. The molecule has 0 radical (unpaired) electrons. The van der Waals surface area contributed by atoms with Gasteiger partial charge < -0.3 is 4.52 Å². The molecule has 2 aromatic rings. The van der Waals surface area contributed by atoms with E-state index in [0.29, 0.717) is 23.9 Å². The number of rotatable bonds is 5. The summed E-state index contributed by atoms with van der Waals surface area (Å²) in [5, 5.41) is 4.26. The maximum absolute atomic E-state index is 5.69. The highest BCUT2D eigenvalue weighted by Gasteiger charge is 2.35. The Balaban J connectivity index is 1.47. The summed E-state index contributed by atoms with van der Waals surface area (Å²) in [6.07, 6.45) is 2.39. The molecule has 0 spiro atoms. The van der Waals surface area contributed by atoms with E-state index in [1.54, 1.807) is 0 Å².